The molecule has 0 spiro atoms. The lowest BCUT2D eigenvalue weighted by Crippen LogP contribution is -2.33. The van der Waals surface area contributed by atoms with Gasteiger partial charge in [-0.05, 0) is 0 Å². The van der Waals surface area contributed by atoms with E-state index in [0.717, 1.165) is 25.3 Å². The molecule has 70 valence electrons. The Bertz CT molecular complexity index is 289. The molecule has 0 radical (unpaired) electrons. The van der Waals surface area contributed by atoms with Crippen LogP contribution in [0.4, 0.5) is 0 Å². The number of hydrogen-bond donors (Lipinski definition) is 1. The number of hydrogen-bond acceptors (Lipinski definition) is 3. The monoisotopic (exact) mass is 179 g/mol. The fourth-order valence-electron chi connectivity index (χ4n) is 1.40. The van der Waals surface area contributed by atoms with Crippen molar-refractivity contribution in [2.45, 2.75) is 6.10 Å². The van der Waals surface area contributed by atoms with Crippen molar-refractivity contribution in [2.24, 2.45) is 0 Å². The summed E-state index contributed by atoms with van der Waals surface area (Å²) in [4.78, 5) is 0. The molecule has 1 aromatic heterocycles. The van der Waals surface area contributed by atoms with Gasteiger partial charge < -0.3 is 10.1 Å². The maximum atomic E-state index is 5.57. The van der Waals surface area contributed by atoms with Gasteiger partial charge in [0, 0.05) is 31.0 Å². The van der Waals surface area contributed by atoms with E-state index < -0.39 is 0 Å². The van der Waals surface area contributed by atoms with Gasteiger partial charge in [-0.25, -0.2) is 4.68 Å². The molecule has 1 fully saturated rings. The van der Waals surface area contributed by atoms with E-state index in [0.29, 0.717) is 0 Å². The topological polar surface area (TPSA) is 39.1 Å². The van der Waals surface area contributed by atoms with E-state index in [-0.39, 0.29) is 6.10 Å². The largest absolute Gasteiger partial charge is 0.371 e. The molecule has 0 aromatic carbocycles. The highest BCUT2D eigenvalue weighted by Crippen LogP contribution is 2.17. The van der Waals surface area contributed by atoms with Crippen LogP contribution in [0.25, 0.3) is 6.20 Å². The maximum Gasteiger partial charge on any atom is 0.0980 e. The van der Waals surface area contributed by atoms with E-state index in [1.165, 1.54) is 0 Å². The third kappa shape index (κ3) is 1.79. The molecular weight excluding hydrogens is 166 g/mol. The second kappa shape index (κ2) is 3.72. The number of aromatic nitrogens is 2. The van der Waals surface area contributed by atoms with Gasteiger partial charge in [0.25, 0.3) is 0 Å². The molecule has 0 aliphatic carbocycles. The standard InChI is InChI=1S/C9H13N3O/c1-2-12-7-8(5-11-12)9-6-10-3-4-13-9/h2,5,7,9-10H,1,3-4,6H2. The molecule has 1 aliphatic rings. The van der Waals surface area contributed by atoms with E-state index >= 15 is 0 Å². The van der Waals surface area contributed by atoms with Crippen LogP contribution < -0.4 is 5.32 Å². The summed E-state index contributed by atoms with van der Waals surface area (Å²) in [7, 11) is 0. The molecular formula is C9H13N3O. The summed E-state index contributed by atoms with van der Waals surface area (Å²) in [5.41, 5.74) is 1.10. The Morgan fingerprint density at radius 2 is 2.69 bits per heavy atom. The van der Waals surface area contributed by atoms with Gasteiger partial charge >= 0.3 is 0 Å². The Morgan fingerprint density at radius 3 is 3.31 bits per heavy atom. The van der Waals surface area contributed by atoms with Crippen molar-refractivity contribution in [1.29, 1.82) is 0 Å². The molecule has 0 amide bonds. The van der Waals surface area contributed by atoms with E-state index in [9.17, 15) is 0 Å². The van der Waals surface area contributed by atoms with E-state index in [4.69, 9.17) is 4.74 Å². The lowest BCUT2D eigenvalue weighted by atomic mass is 10.2. The first-order valence-electron chi connectivity index (χ1n) is 4.39. The smallest absolute Gasteiger partial charge is 0.0980 e. The fourth-order valence-corrected chi connectivity index (χ4v) is 1.40. The fraction of sp³-hybridized carbons (Fsp3) is 0.444. The zero-order valence-corrected chi connectivity index (χ0v) is 7.44. The van der Waals surface area contributed by atoms with Crippen molar-refractivity contribution in [1.82, 2.24) is 15.1 Å². The Morgan fingerprint density at radius 1 is 1.77 bits per heavy atom. The van der Waals surface area contributed by atoms with Crippen molar-refractivity contribution in [3.8, 4) is 0 Å². The summed E-state index contributed by atoms with van der Waals surface area (Å²) in [5.74, 6) is 0. The second-order valence-corrected chi connectivity index (χ2v) is 3.00. The molecule has 0 saturated carbocycles. The summed E-state index contributed by atoms with van der Waals surface area (Å²) in [5, 5.41) is 7.37. The molecule has 4 heteroatoms. The minimum absolute atomic E-state index is 0.141. The predicted molar refractivity (Wildman–Crippen MR) is 50.2 cm³/mol. The van der Waals surface area contributed by atoms with E-state index in [2.05, 4.69) is 17.0 Å². The third-order valence-electron chi connectivity index (χ3n) is 2.11. The molecule has 1 atom stereocenters. The van der Waals surface area contributed by atoms with Crippen molar-refractivity contribution in [3.05, 3.63) is 24.5 Å². The Hall–Kier alpha value is -1.13. The first kappa shape index (κ1) is 8.47. The summed E-state index contributed by atoms with van der Waals surface area (Å²) in [6.45, 7) is 6.20. The minimum Gasteiger partial charge on any atom is -0.371 e. The Kier molecular flexibility index (Phi) is 2.42. The summed E-state index contributed by atoms with van der Waals surface area (Å²) >= 11 is 0. The lowest BCUT2D eigenvalue weighted by Gasteiger charge is -2.22. The van der Waals surface area contributed by atoms with Crippen molar-refractivity contribution >= 4 is 6.20 Å². The quantitative estimate of drug-likeness (QED) is 0.724. The zero-order valence-electron chi connectivity index (χ0n) is 7.44. The van der Waals surface area contributed by atoms with Crippen LogP contribution in [0.15, 0.2) is 19.0 Å². The molecule has 4 nitrogen and oxygen atoms in total. The van der Waals surface area contributed by atoms with Gasteiger partial charge in [-0.1, -0.05) is 6.58 Å². The van der Waals surface area contributed by atoms with Crippen LogP contribution in [0.1, 0.15) is 11.7 Å². The first-order chi connectivity index (χ1) is 6.40. The van der Waals surface area contributed by atoms with Gasteiger partial charge in [0.05, 0.1) is 18.9 Å². The van der Waals surface area contributed by atoms with Crippen LogP contribution in [-0.2, 0) is 4.74 Å². The number of nitrogens with one attached hydrogen (secondary N) is 1. The highest BCUT2D eigenvalue weighted by Gasteiger charge is 2.16. The van der Waals surface area contributed by atoms with Gasteiger partial charge in [-0.3, -0.25) is 0 Å². The second-order valence-electron chi connectivity index (χ2n) is 3.00. The molecule has 1 unspecified atom stereocenters. The van der Waals surface area contributed by atoms with Crippen molar-refractivity contribution < 1.29 is 4.74 Å². The van der Waals surface area contributed by atoms with Crippen LogP contribution >= 0.6 is 0 Å². The molecule has 0 bridgehead atoms. The average molecular weight is 179 g/mol. The highest BCUT2D eigenvalue weighted by molar-refractivity contribution is 5.19. The van der Waals surface area contributed by atoms with Crippen LogP contribution in [0.2, 0.25) is 0 Å². The predicted octanol–water partition coefficient (Wildman–Crippen LogP) is 0.644. The number of morpholine rings is 1. The SMILES string of the molecule is C=Cn1cc(C2CNCCO2)cn1. The molecule has 1 N–H and O–H groups in total. The van der Waals surface area contributed by atoms with Crippen molar-refractivity contribution in [3.63, 3.8) is 0 Å². The molecule has 2 rings (SSSR count). The van der Waals surface area contributed by atoms with E-state index in [1.54, 1.807) is 10.9 Å². The number of ether oxygens (including phenoxy) is 1. The van der Waals surface area contributed by atoms with Gasteiger partial charge in [-0.15, -0.1) is 0 Å². The van der Waals surface area contributed by atoms with Gasteiger partial charge in [-0.2, -0.15) is 5.10 Å². The third-order valence-corrected chi connectivity index (χ3v) is 2.11. The minimum atomic E-state index is 0.141. The van der Waals surface area contributed by atoms with Crippen LogP contribution in [0, 0.1) is 0 Å². The summed E-state index contributed by atoms with van der Waals surface area (Å²) in [6.07, 6.45) is 5.56. The Balaban J connectivity index is 2.09. The molecule has 1 saturated heterocycles. The van der Waals surface area contributed by atoms with Crippen LogP contribution in [0.5, 0.6) is 0 Å². The summed E-state index contributed by atoms with van der Waals surface area (Å²) in [6, 6.07) is 0. The van der Waals surface area contributed by atoms with Gasteiger partial charge in [0.2, 0.25) is 0 Å². The molecule has 1 aromatic rings. The number of rotatable bonds is 2. The summed E-state index contributed by atoms with van der Waals surface area (Å²) < 4.78 is 7.26. The highest BCUT2D eigenvalue weighted by atomic mass is 16.5. The lowest BCUT2D eigenvalue weighted by molar-refractivity contribution is 0.0277. The Labute approximate surface area is 77.2 Å². The molecule has 13 heavy (non-hydrogen) atoms. The zero-order chi connectivity index (χ0) is 9.10. The first-order valence-corrected chi connectivity index (χ1v) is 4.39. The van der Waals surface area contributed by atoms with Crippen LogP contribution in [-0.4, -0.2) is 29.5 Å². The molecule has 2 heterocycles. The number of nitrogens with zero attached hydrogens (tertiary/aromatic N) is 2. The van der Waals surface area contributed by atoms with Gasteiger partial charge in [0.1, 0.15) is 0 Å². The normalized spacial score (nSPS) is 22.9. The average Bonchev–Trinajstić information content (AvgIpc) is 2.67. The van der Waals surface area contributed by atoms with Gasteiger partial charge in [0.15, 0.2) is 0 Å². The van der Waals surface area contributed by atoms with E-state index in [1.807, 2.05) is 12.4 Å². The maximum absolute atomic E-state index is 5.57. The molecule has 1 aliphatic heterocycles. The van der Waals surface area contributed by atoms with Crippen LogP contribution in [0.3, 0.4) is 0 Å². The van der Waals surface area contributed by atoms with Crippen molar-refractivity contribution in [2.75, 3.05) is 19.7 Å².